The van der Waals surface area contributed by atoms with Crippen molar-refractivity contribution in [1.82, 2.24) is 15.3 Å². The van der Waals surface area contributed by atoms with Gasteiger partial charge in [0.15, 0.2) is 0 Å². The Balaban J connectivity index is 1.67. The van der Waals surface area contributed by atoms with Crippen LogP contribution in [0.1, 0.15) is 16.1 Å². The molecule has 0 saturated carbocycles. The Morgan fingerprint density at radius 1 is 1.00 bits per heavy atom. The van der Waals surface area contributed by atoms with E-state index in [1.165, 1.54) is 0 Å². The maximum absolute atomic E-state index is 12.3. The van der Waals surface area contributed by atoms with E-state index >= 15 is 0 Å². The van der Waals surface area contributed by atoms with Gasteiger partial charge in [0.05, 0.1) is 0 Å². The summed E-state index contributed by atoms with van der Waals surface area (Å²) in [7, 11) is 0. The van der Waals surface area contributed by atoms with Gasteiger partial charge in [0.25, 0.3) is 5.91 Å². The standard InChI is InChI=1S/C18H15ClN4O/c19-15-9-5-4-6-13(15)12-21-17(24)16-10-11-20-18(23-16)22-14-7-2-1-3-8-14/h1-11H,12H2,(H,21,24)(H,20,22,23). The molecule has 3 aromatic rings. The Labute approximate surface area is 144 Å². The van der Waals surface area contributed by atoms with Gasteiger partial charge < -0.3 is 10.6 Å². The summed E-state index contributed by atoms with van der Waals surface area (Å²) < 4.78 is 0. The molecule has 3 rings (SSSR count). The number of amides is 1. The molecule has 0 aliphatic heterocycles. The Morgan fingerprint density at radius 3 is 2.54 bits per heavy atom. The summed E-state index contributed by atoms with van der Waals surface area (Å²) >= 11 is 6.08. The third-order valence-corrected chi connectivity index (χ3v) is 3.68. The molecule has 0 spiro atoms. The minimum absolute atomic E-state index is 0.284. The number of halogens is 1. The van der Waals surface area contributed by atoms with Gasteiger partial charge in [-0.15, -0.1) is 0 Å². The molecule has 0 aliphatic carbocycles. The lowest BCUT2D eigenvalue weighted by Crippen LogP contribution is -2.24. The number of aromatic nitrogens is 2. The zero-order chi connectivity index (χ0) is 16.8. The van der Waals surface area contributed by atoms with Crippen molar-refractivity contribution in [3.8, 4) is 0 Å². The molecule has 1 aromatic heterocycles. The lowest BCUT2D eigenvalue weighted by atomic mass is 10.2. The summed E-state index contributed by atoms with van der Waals surface area (Å²) in [5.74, 6) is 0.0834. The molecule has 0 aliphatic rings. The summed E-state index contributed by atoms with van der Waals surface area (Å²) in [6.07, 6.45) is 1.54. The first-order valence-electron chi connectivity index (χ1n) is 7.39. The van der Waals surface area contributed by atoms with Gasteiger partial charge in [-0.2, -0.15) is 0 Å². The van der Waals surface area contributed by atoms with Crippen LogP contribution < -0.4 is 10.6 Å². The predicted molar refractivity (Wildman–Crippen MR) is 94.4 cm³/mol. The molecule has 6 heteroatoms. The van der Waals surface area contributed by atoms with Crippen molar-refractivity contribution in [2.45, 2.75) is 6.54 Å². The Hall–Kier alpha value is -2.92. The Morgan fingerprint density at radius 2 is 1.75 bits per heavy atom. The van der Waals surface area contributed by atoms with Crippen LogP contribution in [0.25, 0.3) is 0 Å². The van der Waals surface area contributed by atoms with Gasteiger partial charge in [-0.05, 0) is 29.8 Å². The molecule has 0 radical (unpaired) electrons. The van der Waals surface area contributed by atoms with Crippen LogP contribution in [0, 0.1) is 0 Å². The first kappa shape index (κ1) is 16.0. The van der Waals surface area contributed by atoms with Crippen LogP contribution in [0.4, 0.5) is 11.6 Å². The third-order valence-electron chi connectivity index (χ3n) is 3.32. The van der Waals surface area contributed by atoms with Gasteiger partial charge in [0, 0.05) is 23.5 Å². The summed E-state index contributed by atoms with van der Waals surface area (Å²) in [5, 5.41) is 6.48. The first-order valence-corrected chi connectivity index (χ1v) is 7.77. The summed E-state index contributed by atoms with van der Waals surface area (Å²) in [6, 6.07) is 18.5. The SMILES string of the molecule is O=C(NCc1ccccc1Cl)c1ccnc(Nc2ccccc2)n1. The van der Waals surface area contributed by atoms with Crippen LogP contribution in [-0.4, -0.2) is 15.9 Å². The van der Waals surface area contributed by atoms with Crippen molar-refractivity contribution >= 4 is 29.1 Å². The first-order chi connectivity index (χ1) is 11.7. The smallest absolute Gasteiger partial charge is 0.270 e. The van der Waals surface area contributed by atoms with E-state index in [-0.39, 0.29) is 11.6 Å². The lowest BCUT2D eigenvalue weighted by molar-refractivity contribution is 0.0946. The molecule has 5 nitrogen and oxygen atoms in total. The number of rotatable bonds is 5. The van der Waals surface area contributed by atoms with Crippen molar-refractivity contribution in [3.63, 3.8) is 0 Å². The van der Waals surface area contributed by atoms with Crippen LogP contribution in [0.15, 0.2) is 66.9 Å². The molecule has 0 fully saturated rings. The van der Waals surface area contributed by atoms with Gasteiger partial charge in [-0.1, -0.05) is 48.0 Å². The van der Waals surface area contributed by atoms with E-state index in [9.17, 15) is 4.79 Å². The van der Waals surface area contributed by atoms with Gasteiger partial charge >= 0.3 is 0 Å². The number of hydrogen-bond donors (Lipinski definition) is 2. The van der Waals surface area contributed by atoms with Crippen molar-refractivity contribution < 1.29 is 4.79 Å². The molecule has 1 heterocycles. The minimum Gasteiger partial charge on any atom is -0.347 e. The highest BCUT2D eigenvalue weighted by Crippen LogP contribution is 2.15. The highest BCUT2D eigenvalue weighted by molar-refractivity contribution is 6.31. The van der Waals surface area contributed by atoms with Crippen molar-refractivity contribution in [2.75, 3.05) is 5.32 Å². The van der Waals surface area contributed by atoms with E-state index in [0.29, 0.717) is 17.5 Å². The van der Waals surface area contributed by atoms with Crippen LogP contribution in [0.5, 0.6) is 0 Å². The molecule has 2 N–H and O–H groups in total. The summed E-state index contributed by atoms with van der Waals surface area (Å²) in [4.78, 5) is 20.6. The number of para-hydroxylation sites is 1. The average molecular weight is 339 g/mol. The van der Waals surface area contributed by atoms with Crippen molar-refractivity contribution in [3.05, 3.63) is 83.1 Å². The number of carbonyl (C=O) groups is 1. The van der Waals surface area contributed by atoms with E-state index < -0.39 is 0 Å². The molecule has 2 aromatic carbocycles. The number of anilines is 2. The summed E-state index contributed by atoms with van der Waals surface area (Å²) in [5.41, 5.74) is 1.99. The van der Waals surface area contributed by atoms with Crippen molar-refractivity contribution in [1.29, 1.82) is 0 Å². The number of benzene rings is 2. The van der Waals surface area contributed by atoms with E-state index in [1.807, 2.05) is 48.5 Å². The lowest BCUT2D eigenvalue weighted by Gasteiger charge is -2.08. The molecule has 1 amide bonds. The second kappa shape index (κ2) is 7.57. The fraction of sp³-hybridized carbons (Fsp3) is 0.0556. The van der Waals surface area contributed by atoms with Crippen LogP contribution >= 0.6 is 11.6 Å². The Bertz CT molecular complexity index is 839. The number of nitrogens with zero attached hydrogens (tertiary/aromatic N) is 2. The normalized spacial score (nSPS) is 10.2. The number of hydrogen-bond acceptors (Lipinski definition) is 4. The fourth-order valence-corrected chi connectivity index (χ4v) is 2.31. The van der Waals surface area contributed by atoms with E-state index in [2.05, 4.69) is 20.6 Å². The largest absolute Gasteiger partial charge is 0.347 e. The van der Waals surface area contributed by atoms with E-state index in [4.69, 9.17) is 11.6 Å². The zero-order valence-electron chi connectivity index (χ0n) is 12.7. The monoisotopic (exact) mass is 338 g/mol. The van der Waals surface area contributed by atoms with Gasteiger partial charge in [0.1, 0.15) is 5.69 Å². The highest BCUT2D eigenvalue weighted by atomic mass is 35.5. The van der Waals surface area contributed by atoms with Gasteiger partial charge in [0.2, 0.25) is 5.95 Å². The summed E-state index contributed by atoms with van der Waals surface area (Å²) in [6.45, 7) is 0.337. The minimum atomic E-state index is -0.284. The number of nitrogens with one attached hydrogen (secondary N) is 2. The molecule has 24 heavy (non-hydrogen) atoms. The second-order valence-electron chi connectivity index (χ2n) is 5.03. The molecule has 0 saturated heterocycles. The molecular formula is C18H15ClN4O. The van der Waals surface area contributed by atoms with Gasteiger partial charge in [-0.3, -0.25) is 4.79 Å². The van der Waals surface area contributed by atoms with E-state index in [1.54, 1.807) is 18.3 Å². The highest BCUT2D eigenvalue weighted by Gasteiger charge is 2.09. The second-order valence-corrected chi connectivity index (χ2v) is 5.44. The van der Waals surface area contributed by atoms with Crippen LogP contribution in [-0.2, 0) is 6.54 Å². The Kier molecular flexibility index (Phi) is 5.03. The molecule has 0 atom stereocenters. The third kappa shape index (κ3) is 4.08. The van der Waals surface area contributed by atoms with Crippen LogP contribution in [0.3, 0.4) is 0 Å². The topological polar surface area (TPSA) is 66.9 Å². The fourth-order valence-electron chi connectivity index (χ4n) is 2.10. The molecular weight excluding hydrogens is 324 g/mol. The maximum atomic E-state index is 12.3. The van der Waals surface area contributed by atoms with Crippen molar-refractivity contribution in [2.24, 2.45) is 0 Å². The molecule has 0 unspecified atom stereocenters. The molecule has 120 valence electrons. The predicted octanol–water partition coefficient (Wildman–Crippen LogP) is 3.80. The number of carbonyl (C=O) groups excluding carboxylic acids is 1. The maximum Gasteiger partial charge on any atom is 0.270 e. The van der Waals surface area contributed by atoms with E-state index in [0.717, 1.165) is 11.3 Å². The zero-order valence-corrected chi connectivity index (χ0v) is 13.5. The molecule has 0 bridgehead atoms. The van der Waals surface area contributed by atoms with Crippen LogP contribution in [0.2, 0.25) is 5.02 Å². The van der Waals surface area contributed by atoms with Gasteiger partial charge in [-0.25, -0.2) is 9.97 Å². The average Bonchev–Trinajstić information content (AvgIpc) is 2.62. The quantitative estimate of drug-likeness (QED) is 0.742.